The van der Waals surface area contributed by atoms with Crippen LogP contribution >= 0.6 is 11.3 Å². The van der Waals surface area contributed by atoms with Gasteiger partial charge in [-0.1, -0.05) is 43.4 Å². The molecular weight excluding hydrogens is 432 g/mol. The highest BCUT2D eigenvalue weighted by atomic mass is 32.2. The Hall–Kier alpha value is -2.36. The number of pyridine rings is 1. The first kappa shape index (κ1) is 21.9. The fourth-order valence-corrected chi connectivity index (χ4v) is 6.14. The molecule has 0 aliphatic carbocycles. The van der Waals surface area contributed by atoms with Crippen molar-refractivity contribution in [2.24, 2.45) is 0 Å². The maximum absolute atomic E-state index is 13.7. The smallest absolute Gasteiger partial charge is 0.247 e. The van der Waals surface area contributed by atoms with E-state index in [2.05, 4.69) is 24.9 Å². The zero-order chi connectivity index (χ0) is 22.2. The highest BCUT2D eigenvalue weighted by molar-refractivity contribution is 7.88. The first-order valence-corrected chi connectivity index (χ1v) is 13.0. The number of carbonyl (C=O) groups excluding carboxylic acids is 1. The van der Waals surface area contributed by atoms with Gasteiger partial charge in [0.15, 0.2) is 5.13 Å². The second-order valence-electron chi connectivity index (χ2n) is 8.16. The topological polar surface area (TPSA) is 83.5 Å². The van der Waals surface area contributed by atoms with Crippen LogP contribution < -0.4 is 4.90 Å². The molecule has 0 radical (unpaired) electrons. The lowest BCUT2D eigenvalue weighted by atomic mass is 10.0. The number of anilines is 1. The second kappa shape index (κ2) is 8.64. The van der Waals surface area contributed by atoms with E-state index in [0.717, 1.165) is 27.6 Å². The van der Waals surface area contributed by atoms with Crippen molar-refractivity contribution in [1.29, 1.82) is 0 Å². The Bertz CT molecular complexity index is 1190. The van der Waals surface area contributed by atoms with E-state index in [0.29, 0.717) is 30.4 Å². The molecule has 3 heterocycles. The zero-order valence-electron chi connectivity index (χ0n) is 17.9. The molecular formula is C22H26N4O3S2. The molecule has 31 heavy (non-hydrogen) atoms. The average molecular weight is 459 g/mol. The minimum atomic E-state index is -3.47. The molecule has 1 saturated heterocycles. The van der Waals surface area contributed by atoms with Crippen LogP contribution in [0.25, 0.3) is 10.2 Å². The second-order valence-corrected chi connectivity index (χ2v) is 11.1. The number of nitrogens with zero attached hydrogens (tertiary/aromatic N) is 4. The van der Waals surface area contributed by atoms with Gasteiger partial charge in [0.05, 0.1) is 23.0 Å². The van der Waals surface area contributed by atoms with Crippen LogP contribution in [0.2, 0.25) is 0 Å². The summed E-state index contributed by atoms with van der Waals surface area (Å²) < 4.78 is 26.8. The quantitative estimate of drug-likeness (QED) is 0.561. The molecule has 1 unspecified atom stereocenters. The molecule has 1 amide bonds. The van der Waals surface area contributed by atoms with Gasteiger partial charge in [-0.05, 0) is 42.0 Å². The fraction of sp³-hybridized carbons (Fsp3) is 0.409. The Morgan fingerprint density at radius 1 is 1.29 bits per heavy atom. The van der Waals surface area contributed by atoms with E-state index in [9.17, 15) is 13.2 Å². The van der Waals surface area contributed by atoms with Crippen LogP contribution in [0.1, 0.15) is 43.7 Å². The van der Waals surface area contributed by atoms with Crippen LogP contribution in [0, 0.1) is 0 Å². The van der Waals surface area contributed by atoms with Crippen LogP contribution in [0.5, 0.6) is 0 Å². The van der Waals surface area contributed by atoms with Gasteiger partial charge in [0, 0.05) is 18.9 Å². The molecule has 1 aliphatic rings. The lowest BCUT2D eigenvalue weighted by Gasteiger charge is -2.27. The van der Waals surface area contributed by atoms with Gasteiger partial charge in [-0.2, -0.15) is 4.31 Å². The molecule has 4 rings (SSSR count). The van der Waals surface area contributed by atoms with Crippen LogP contribution in [-0.4, -0.2) is 47.4 Å². The van der Waals surface area contributed by atoms with E-state index >= 15 is 0 Å². The summed E-state index contributed by atoms with van der Waals surface area (Å²) in [6.45, 7) is 4.90. The maximum Gasteiger partial charge on any atom is 0.247 e. The van der Waals surface area contributed by atoms with Gasteiger partial charge in [-0.25, -0.2) is 13.4 Å². The number of para-hydroxylation sites is 1. The number of fused-ring (bicyclic) bond motifs is 1. The van der Waals surface area contributed by atoms with E-state index in [1.807, 2.05) is 24.3 Å². The van der Waals surface area contributed by atoms with E-state index < -0.39 is 16.1 Å². The molecule has 0 bridgehead atoms. The highest BCUT2D eigenvalue weighted by Gasteiger charge is 2.39. The van der Waals surface area contributed by atoms with Crippen LogP contribution in [-0.2, 0) is 21.4 Å². The van der Waals surface area contributed by atoms with E-state index in [1.165, 1.54) is 15.6 Å². The molecule has 1 fully saturated rings. The third-order valence-corrected chi connectivity index (χ3v) is 7.87. The molecule has 0 spiro atoms. The first-order valence-electron chi connectivity index (χ1n) is 10.3. The number of benzene rings is 1. The number of amides is 1. The SMILES string of the molecule is CC(C)c1cccc2sc(N(Cc3cccnc3)C(=O)C3CCCN3S(C)(=O)=O)nc12. The summed E-state index contributed by atoms with van der Waals surface area (Å²) in [5.41, 5.74) is 2.89. The fourth-order valence-electron chi connectivity index (χ4n) is 4.02. The number of hydrogen-bond acceptors (Lipinski definition) is 6. The summed E-state index contributed by atoms with van der Waals surface area (Å²) in [6, 6.07) is 9.10. The van der Waals surface area contributed by atoms with Crippen LogP contribution in [0.3, 0.4) is 0 Å². The normalized spacial score (nSPS) is 17.5. The predicted octanol–water partition coefficient (Wildman–Crippen LogP) is 3.77. The van der Waals surface area contributed by atoms with E-state index in [-0.39, 0.29) is 12.5 Å². The van der Waals surface area contributed by atoms with Gasteiger partial charge in [-0.15, -0.1) is 0 Å². The van der Waals surface area contributed by atoms with Gasteiger partial charge in [0.25, 0.3) is 0 Å². The Labute approximate surface area is 186 Å². The van der Waals surface area contributed by atoms with Crippen molar-refractivity contribution in [2.75, 3.05) is 17.7 Å². The lowest BCUT2D eigenvalue weighted by Crippen LogP contribution is -2.47. The minimum absolute atomic E-state index is 0.239. The molecule has 7 nitrogen and oxygen atoms in total. The number of sulfonamides is 1. The van der Waals surface area contributed by atoms with Crippen molar-refractivity contribution in [3.63, 3.8) is 0 Å². The van der Waals surface area contributed by atoms with E-state index in [1.54, 1.807) is 17.3 Å². The van der Waals surface area contributed by atoms with Gasteiger partial charge >= 0.3 is 0 Å². The first-order chi connectivity index (χ1) is 14.8. The van der Waals surface area contributed by atoms with Gasteiger partial charge in [-0.3, -0.25) is 14.7 Å². The summed E-state index contributed by atoms with van der Waals surface area (Å²) in [5.74, 6) is 0.0635. The summed E-state index contributed by atoms with van der Waals surface area (Å²) in [4.78, 5) is 24.3. The van der Waals surface area contributed by atoms with Crippen LogP contribution in [0.4, 0.5) is 5.13 Å². The summed E-state index contributed by atoms with van der Waals surface area (Å²) in [5, 5.41) is 0.581. The third kappa shape index (κ3) is 4.49. The van der Waals surface area contributed by atoms with Gasteiger partial charge in [0.2, 0.25) is 15.9 Å². The Balaban J connectivity index is 1.77. The van der Waals surface area contributed by atoms with Crippen molar-refractivity contribution in [2.45, 2.75) is 45.2 Å². The number of hydrogen-bond donors (Lipinski definition) is 0. The Morgan fingerprint density at radius 2 is 2.10 bits per heavy atom. The van der Waals surface area contributed by atoms with Crippen molar-refractivity contribution in [3.05, 3.63) is 53.9 Å². The number of rotatable bonds is 6. The van der Waals surface area contributed by atoms with Gasteiger partial charge in [0.1, 0.15) is 6.04 Å². The molecule has 9 heteroatoms. The van der Waals surface area contributed by atoms with E-state index in [4.69, 9.17) is 4.98 Å². The number of thiazole rings is 1. The van der Waals surface area contributed by atoms with Crippen molar-refractivity contribution >= 4 is 42.6 Å². The standard InChI is InChI=1S/C22H26N4O3S2/c1-15(2)17-8-4-10-19-20(17)24-22(30-19)25(14-16-7-5-11-23-13-16)21(27)18-9-6-12-26(18)31(3,28)29/h4-5,7-8,10-11,13,15,18H,6,9,12,14H2,1-3H3. The Kier molecular flexibility index (Phi) is 6.09. The minimum Gasteiger partial charge on any atom is -0.282 e. The molecule has 0 saturated carbocycles. The zero-order valence-corrected chi connectivity index (χ0v) is 19.5. The molecule has 1 aromatic carbocycles. The molecule has 1 aliphatic heterocycles. The Morgan fingerprint density at radius 3 is 2.77 bits per heavy atom. The maximum atomic E-state index is 13.7. The van der Waals surface area contributed by atoms with Gasteiger partial charge < -0.3 is 0 Å². The summed E-state index contributed by atoms with van der Waals surface area (Å²) >= 11 is 1.46. The molecule has 0 N–H and O–H groups in total. The molecule has 2 aromatic heterocycles. The summed E-state index contributed by atoms with van der Waals surface area (Å²) in [6.07, 6.45) is 5.75. The van der Waals surface area contributed by atoms with Crippen LogP contribution in [0.15, 0.2) is 42.7 Å². The number of aromatic nitrogens is 2. The van der Waals surface area contributed by atoms with Crippen molar-refractivity contribution < 1.29 is 13.2 Å². The number of carbonyl (C=O) groups is 1. The predicted molar refractivity (Wildman–Crippen MR) is 124 cm³/mol. The third-order valence-electron chi connectivity index (χ3n) is 5.54. The molecule has 1 atom stereocenters. The largest absolute Gasteiger partial charge is 0.282 e. The summed E-state index contributed by atoms with van der Waals surface area (Å²) in [7, 11) is -3.47. The monoisotopic (exact) mass is 458 g/mol. The molecule has 3 aromatic rings. The average Bonchev–Trinajstić information content (AvgIpc) is 3.38. The highest BCUT2D eigenvalue weighted by Crippen LogP contribution is 2.35. The van der Waals surface area contributed by atoms with Crippen molar-refractivity contribution in [1.82, 2.24) is 14.3 Å². The van der Waals surface area contributed by atoms with Crippen molar-refractivity contribution in [3.8, 4) is 0 Å². The lowest BCUT2D eigenvalue weighted by molar-refractivity contribution is -0.121. The molecule has 164 valence electrons.